The first-order chi connectivity index (χ1) is 15.0. The number of aromatic nitrogens is 5. The van der Waals surface area contributed by atoms with Crippen molar-refractivity contribution in [1.82, 2.24) is 29.4 Å². The number of amides is 2. The summed E-state index contributed by atoms with van der Waals surface area (Å²) in [6.45, 7) is 2.43. The third-order valence-corrected chi connectivity index (χ3v) is 6.31. The van der Waals surface area contributed by atoms with Crippen molar-refractivity contribution in [3.8, 4) is 0 Å². The fourth-order valence-electron chi connectivity index (χ4n) is 3.68. The van der Waals surface area contributed by atoms with Crippen LogP contribution in [0.4, 0.5) is 5.13 Å². The Labute approximate surface area is 181 Å². The van der Waals surface area contributed by atoms with Crippen LogP contribution in [0.15, 0.2) is 30.6 Å². The molecule has 158 valence electrons. The van der Waals surface area contributed by atoms with Crippen molar-refractivity contribution in [2.75, 3.05) is 11.9 Å². The molecule has 0 aliphatic carbocycles. The number of rotatable bonds is 5. The number of carbonyl (C=O) groups is 2. The number of primary amides is 1. The zero-order valence-corrected chi connectivity index (χ0v) is 17.6. The summed E-state index contributed by atoms with van der Waals surface area (Å²) < 4.78 is 2.02. The molecule has 4 N–H and O–H groups in total. The molecule has 1 aromatic carbocycles. The summed E-state index contributed by atoms with van der Waals surface area (Å²) in [6, 6.07) is 5.12. The second-order valence-electron chi connectivity index (χ2n) is 7.41. The van der Waals surface area contributed by atoms with Crippen molar-refractivity contribution in [2.45, 2.75) is 19.5 Å². The number of aromatic amines is 1. The highest BCUT2D eigenvalue weighted by atomic mass is 32.1. The number of hydrogen-bond acceptors (Lipinski definition) is 7. The van der Waals surface area contributed by atoms with E-state index in [0.29, 0.717) is 21.7 Å². The Morgan fingerprint density at radius 2 is 2.19 bits per heavy atom. The van der Waals surface area contributed by atoms with Crippen LogP contribution in [0.5, 0.6) is 0 Å². The normalized spacial score (nSPS) is 14.0. The Bertz CT molecular complexity index is 1300. The van der Waals surface area contributed by atoms with Crippen molar-refractivity contribution in [2.24, 2.45) is 12.8 Å². The average Bonchev–Trinajstić information content (AvgIpc) is 3.45. The molecule has 5 rings (SSSR count). The number of aryl methyl sites for hydroxylation is 1. The van der Waals surface area contributed by atoms with Crippen molar-refractivity contribution in [1.29, 1.82) is 0 Å². The molecule has 0 bridgehead atoms. The van der Waals surface area contributed by atoms with E-state index in [2.05, 4.69) is 30.2 Å². The van der Waals surface area contributed by atoms with E-state index >= 15 is 0 Å². The van der Waals surface area contributed by atoms with Gasteiger partial charge in [0.1, 0.15) is 11.3 Å². The Balaban J connectivity index is 1.33. The van der Waals surface area contributed by atoms with Crippen LogP contribution in [0.3, 0.4) is 0 Å². The fraction of sp³-hybridized carbons (Fsp3) is 0.250. The smallest absolute Gasteiger partial charge is 0.284 e. The standard InChI is InChI=1S/C20H20N8O2S/c1-27-8-6-22-15(27)10-28-7-5-12-14(9-28)31-20(24-12)26-19(30)11-3-2-4-13-16(11)25-18(23-13)17(21)29/h2-4,6,8H,5,7,9-10H2,1H3,(H2,21,29)(H,23,25)(H,24,26,30). The second kappa shape index (κ2) is 7.60. The van der Waals surface area contributed by atoms with Gasteiger partial charge in [-0.3, -0.25) is 19.8 Å². The third-order valence-electron chi connectivity index (χ3n) is 5.31. The van der Waals surface area contributed by atoms with Gasteiger partial charge in [-0.1, -0.05) is 6.07 Å². The molecule has 2 amide bonds. The highest BCUT2D eigenvalue weighted by molar-refractivity contribution is 7.15. The van der Waals surface area contributed by atoms with Crippen LogP contribution < -0.4 is 11.1 Å². The predicted octanol–water partition coefficient (Wildman–Crippen LogP) is 1.66. The SMILES string of the molecule is Cn1ccnc1CN1CCc2nc(NC(=O)c3cccc4[nH]c(C(N)=O)nc34)sc2C1. The number of para-hydroxylation sites is 1. The molecule has 0 unspecified atom stereocenters. The van der Waals surface area contributed by atoms with Crippen LogP contribution in [0.1, 0.15) is 37.4 Å². The van der Waals surface area contributed by atoms with Gasteiger partial charge in [0.2, 0.25) is 0 Å². The minimum absolute atomic E-state index is 0.0211. The number of benzene rings is 1. The lowest BCUT2D eigenvalue weighted by Gasteiger charge is -2.25. The predicted molar refractivity (Wildman–Crippen MR) is 116 cm³/mol. The molecular weight excluding hydrogens is 416 g/mol. The van der Waals surface area contributed by atoms with Gasteiger partial charge < -0.3 is 15.3 Å². The van der Waals surface area contributed by atoms with Gasteiger partial charge >= 0.3 is 0 Å². The number of carbonyl (C=O) groups excluding carboxylic acids is 2. The van der Waals surface area contributed by atoms with Crippen LogP contribution in [-0.4, -0.2) is 47.8 Å². The average molecular weight is 437 g/mol. The van der Waals surface area contributed by atoms with E-state index < -0.39 is 5.91 Å². The lowest BCUT2D eigenvalue weighted by atomic mass is 10.1. The number of H-pyrrole nitrogens is 1. The summed E-state index contributed by atoms with van der Waals surface area (Å²) in [5.74, 6) is 0.0334. The number of anilines is 1. The summed E-state index contributed by atoms with van der Waals surface area (Å²) in [7, 11) is 1.99. The van der Waals surface area contributed by atoms with Gasteiger partial charge in [0.15, 0.2) is 11.0 Å². The van der Waals surface area contributed by atoms with E-state index in [1.165, 1.54) is 11.3 Å². The number of fused-ring (bicyclic) bond motifs is 2. The molecule has 0 radical (unpaired) electrons. The topological polar surface area (TPSA) is 135 Å². The molecule has 3 aromatic heterocycles. The zero-order chi connectivity index (χ0) is 21.5. The van der Waals surface area contributed by atoms with Gasteiger partial charge in [-0.25, -0.2) is 15.0 Å². The Hall–Kier alpha value is -3.57. The maximum absolute atomic E-state index is 12.9. The summed E-state index contributed by atoms with van der Waals surface area (Å²) in [5.41, 5.74) is 7.64. The molecule has 1 aliphatic rings. The first kappa shape index (κ1) is 19.4. The Morgan fingerprint density at radius 3 is 2.97 bits per heavy atom. The minimum Gasteiger partial charge on any atom is -0.363 e. The molecule has 4 aromatic rings. The number of nitrogens with zero attached hydrogens (tertiary/aromatic N) is 5. The molecule has 0 saturated heterocycles. The third kappa shape index (κ3) is 3.68. The monoisotopic (exact) mass is 436 g/mol. The van der Waals surface area contributed by atoms with Gasteiger partial charge in [0.25, 0.3) is 11.8 Å². The second-order valence-corrected chi connectivity index (χ2v) is 8.49. The lowest BCUT2D eigenvalue weighted by Crippen LogP contribution is -2.30. The number of hydrogen-bond donors (Lipinski definition) is 3. The first-order valence-electron chi connectivity index (χ1n) is 9.75. The summed E-state index contributed by atoms with van der Waals surface area (Å²) in [5, 5.41) is 3.43. The lowest BCUT2D eigenvalue weighted by molar-refractivity contribution is 0.0989. The molecule has 0 fully saturated rings. The Kier molecular flexibility index (Phi) is 4.75. The summed E-state index contributed by atoms with van der Waals surface area (Å²) >= 11 is 1.48. The van der Waals surface area contributed by atoms with Gasteiger partial charge in [-0.05, 0) is 12.1 Å². The minimum atomic E-state index is -0.676. The van der Waals surface area contributed by atoms with Gasteiger partial charge in [-0.2, -0.15) is 0 Å². The van der Waals surface area contributed by atoms with E-state index in [1.54, 1.807) is 24.4 Å². The molecular formula is C20H20N8O2S. The molecule has 4 heterocycles. The quantitative estimate of drug-likeness (QED) is 0.435. The number of nitrogens with one attached hydrogen (secondary N) is 2. The van der Waals surface area contributed by atoms with E-state index in [0.717, 1.165) is 42.5 Å². The molecule has 31 heavy (non-hydrogen) atoms. The van der Waals surface area contributed by atoms with Crippen molar-refractivity contribution in [3.05, 3.63) is 58.4 Å². The molecule has 0 saturated carbocycles. The van der Waals surface area contributed by atoms with Crippen LogP contribution >= 0.6 is 11.3 Å². The largest absolute Gasteiger partial charge is 0.363 e. The van der Waals surface area contributed by atoms with E-state index in [1.807, 2.05) is 17.8 Å². The van der Waals surface area contributed by atoms with Crippen molar-refractivity contribution >= 4 is 39.3 Å². The van der Waals surface area contributed by atoms with Crippen molar-refractivity contribution in [3.63, 3.8) is 0 Å². The van der Waals surface area contributed by atoms with Gasteiger partial charge in [0.05, 0.1) is 23.3 Å². The maximum Gasteiger partial charge on any atom is 0.284 e. The van der Waals surface area contributed by atoms with E-state index in [4.69, 9.17) is 5.73 Å². The van der Waals surface area contributed by atoms with Crippen LogP contribution in [-0.2, 0) is 26.6 Å². The van der Waals surface area contributed by atoms with Gasteiger partial charge in [0, 0.05) is 43.8 Å². The van der Waals surface area contributed by atoms with E-state index in [-0.39, 0.29) is 11.7 Å². The van der Waals surface area contributed by atoms with E-state index in [9.17, 15) is 9.59 Å². The molecule has 0 atom stereocenters. The number of thiazole rings is 1. The number of imidazole rings is 2. The molecule has 11 heteroatoms. The fourth-order valence-corrected chi connectivity index (χ4v) is 4.73. The zero-order valence-electron chi connectivity index (χ0n) is 16.8. The maximum atomic E-state index is 12.9. The summed E-state index contributed by atoms with van der Waals surface area (Å²) in [4.78, 5) is 43.8. The molecule has 10 nitrogen and oxygen atoms in total. The first-order valence-corrected chi connectivity index (χ1v) is 10.6. The summed E-state index contributed by atoms with van der Waals surface area (Å²) in [6.07, 6.45) is 4.57. The van der Waals surface area contributed by atoms with Gasteiger partial charge in [-0.15, -0.1) is 11.3 Å². The highest BCUT2D eigenvalue weighted by Crippen LogP contribution is 2.29. The van der Waals surface area contributed by atoms with Crippen LogP contribution in [0.25, 0.3) is 11.0 Å². The highest BCUT2D eigenvalue weighted by Gasteiger charge is 2.23. The Morgan fingerprint density at radius 1 is 1.32 bits per heavy atom. The van der Waals surface area contributed by atoms with Crippen LogP contribution in [0.2, 0.25) is 0 Å². The molecule has 0 spiro atoms. The number of nitrogens with two attached hydrogens (primary N) is 1. The van der Waals surface area contributed by atoms with Crippen LogP contribution in [0, 0.1) is 0 Å². The van der Waals surface area contributed by atoms with Crippen molar-refractivity contribution < 1.29 is 9.59 Å². The molecule has 1 aliphatic heterocycles.